The summed E-state index contributed by atoms with van der Waals surface area (Å²) in [7, 11) is 0. The van der Waals surface area contributed by atoms with Crippen molar-refractivity contribution in [3.63, 3.8) is 0 Å². The van der Waals surface area contributed by atoms with Gasteiger partial charge in [0.05, 0.1) is 5.69 Å². The molecule has 1 aromatic heterocycles. The maximum Gasteiger partial charge on any atom is 0.248 e. The van der Waals surface area contributed by atoms with Gasteiger partial charge in [-0.15, -0.1) is 0 Å². The van der Waals surface area contributed by atoms with Crippen LogP contribution in [0.1, 0.15) is 58.2 Å². The quantitative estimate of drug-likeness (QED) is 0.865. The molecule has 3 nitrogen and oxygen atoms in total. The summed E-state index contributed by atoms with van der Waals surface area (Å²) >= 11 is 0. The van der Waals surface area contributed by atoms with Crippen molar-refractivity contribution in [1.29, 1.82) is 0 Å². The zero-order valence-electron chi connectivity index (χ0n) is 13.3. The highest BCUT2D eigenvalue weighted by atomic mass is 19.3. The van der Waals surface area contributed by atoms with Crippen molar-refractivity contribution in [2.24, 2.45) is 5.92 Å². The van der Waals surface area contributed by atoms with E-state index in [1.165, 1.54) is 0 Å². The van der Waals surface area contributed by atoms with E-state index in [4.69, 9.17) is 0 Å². The van der Waals surface area contributed by atoms with Gasteiger partial charge in [-0.1, -0.05) is 6.92 Å². The predicted octanol–water partition coefficient (Wildman–Crippen LogP) is 3.81. The number of nitrogens with zero attached hydrogens (tertiary/aromatic N) is 2. The van der Waals surface area contributed by atoms with Crippen molar-refractivity contribution in [1.82, 2.24) is 15.1 Å². The van der Waals surface area contributed by atoms with Crippen LogP contribution in [-0.4, -0.2) is 28.3 Å². The number of alkyl halides is 2. The second-order valence-corrected chi connectivity index (χ2v) is 6.44. The first-order valence-electron chi connectivity index (χ1n) is 8.06. The Kier molecular flexibility index (Phi) is 5.36. The lowest BCUT2D eigenvalue weighted by molar-refractivity contribution is -0.0495. The summed E-state index contributed by atoms with van der Waals surface area (Å²) in [6.45, 7) is 7.13. The van der Waals surface area contributed by atoms with E-state index >= 15 is 0 Å². The highest BCUT2D eigenvalue weighted by Gasteiger charge is 2.37. The van der Waals surface area contributed by atoms with Gasteiger partial charge in [0.2, 0.25) is 5.92 Å². The lowest BCUT2D eigenvalue weighted by atomic mass is 9.80. The topological polar surface area (TPSA) is 29.9 Å². The first-order valence-corrected chi connectivity index (χ1v) is 8.06. The van der Waals surface area contributed by atoms with Crippen molar-refractivity contribution in [2.75, 3.05) is 6.54 Å². The summed E-state index contributed by atoms with van der Waals surface area (Å²) in [6.07, 6.45) is 4.09. The maximum absolute atomic E-state index is 13.3. The van der Waals surface area contributed by atoms with Crippen LogP contribution < -0.4 is 5.32 Å². The number of hydrogen-bond acceptors (Lipinski definition) is 2. The van der Waals surface area contributed by atoms with E-state index < -0.39 is 5.92 Å². The van der Waals surface area contributed by atoms with Gasteiger partial charge >= 0.3 is 0 Å². The predicted molar refractivity (Wildman–Crippen MR) is 80.7 cm³/mol. The molecule has 5 heteroatoms. The molecule has 1 saturated carbocycles. The van der Waals surface area contributed by atoms with Gasteiger partial charge in [0.25, 0.3) is 0 Å². The fourth-order valence-corrected chi connectivity index (χ4v) is 3.13. The van der Waals surface area contributed by atoms with E-state index in [0.717, 1.165) is 18.7 Å². The fraction of sp³-hybridized carbons (Fsp3) is 0.812. The average molecular weight is 299 g/mol. The van der Waals surface area contributed by atoms with Crippen LogP contribution >= 0.6 is 0 Å². The molecule has 1 fully saturated rings. The summed E-state index contributed by atoms with van der Waals surface area (Å²) in [5.41, 5.74) is 1.05. The van der Waals surface area contributed by atoms with Gasteiger partial charge in [0, 0.05) is 37.5 Å². The van der Waals surface area contributed by atoms with Crippen molar-refractivity contribution in [3.8, 4) is 0 Å². The Morgan fingerprint density at radius 3 is 2.57 bits per heavy atom. The SMILES string of the molecule is CCNC(Cc1ccn(C(C)C)n1)C1CCC(F)(F)CC1. The maximum atomic E-state index is 13.3. The molecule has 0 radical (unpaired) electrons. The van der Waals surface area contributed by atoms with E-state index in [1.54, 1.807) is 0 Å². The Balaban J connectivity index is 1.98. The third-order valence-corrected chi connectivity index (χ3v) is 4.42. The normalized spacial score (nSPS) is 20.9. The first-order chi connectivity index (χ1) is 9.91. The molecule has 1 unspecified atom stereocenters. The molecule has 120 valence electrons. The van der Waals surface area contributed by atoms with Crippen LogP contribution in [0.15, 0.2) is 12.3 Å². The fourth-order valence-electron chi connectivity index (χ4n) is 3.13. The Bertz CT molecular complexity index is 432. The Morgan fingerprint density at radius 2 is 2.05 bits per heavy atom. The monoisotopic (exact) mass is 299 g/mol. The van der Waals surface area contributed by atoms with E-state index in [9.17, 15) is 8.78 Å². The summed E-state index contributed by atoms with van der Waals surface area (Å²) in [6, 6.07) is 2.65. The third kappa shape index (κ3) is 4.50. The van der Waals surface area contributed by atoms with Gasteiger partial charge in [-0.25, -0.2) is 8.78 Å². The van der Waals surface area contributed by atoms with Crippen LogP contribution in [-0.2, 0) is 6.42 Å². The Morgan fingerprint density at radius 1 is 1.38 bits per heavy atom. The van der Waals surface area contributed by atoms with E-state index in [0.29, 0.717) is 24.8 Å². The van der Waals surface area contributed by atoms with E-state index in [2.05, 4.69) is 31.2 Å². The smallest absolute Gasteiger partial charge is 0.248 e. The van der Waals surface area contributed by atoms with Gasteiger partial charge in [-0.3, -0.25) is 4.68 Å². The average Bonchev–Trinajstić information content (AvgIpc) is 2.87. The summed E-state index contributed by atoms with van der Waals surface area (Å²) in [5, 5.41) is 8.06. The summed E-state index contributed by atoms with van der Waals surface area (Å²) < 4.78 is 28.6. The number of nitrogens with one attached hydrogen (secondary N) is 1. The molecule has 0 amide bonds. The minimum absolute atomic E-state index is 0.0278. The molecule has 1 N–H and O–H groups in total. The molecule has 2 rings (SSSR count). The van der Waals surface area contributed by atoms with Gasteiger partial charge in [-0.05, 0) is 45.2 Å². The molecule has 21 heavy (non-hydrogen) atoms. The van der Waals surface area contributed by atoms with Gasteiger partial charge in [0.15, 0.2) is 0 Å². The number of halogens is 2. The van der Waals surface area contributed by atoms with Crippen LogP contribution in [0.5, 0.6) is 0 Å². The number of rotatable bonds is 6. The van der Waals surface area contributed by atoms with Crippen molar-refractivity contribution in [3.05, 3.63) is 18.0 Å². The number of likely N-dealkylation sites (N-methyl/N-ethyl adjacent to an activating group) is 1. The Hall–Kier alpha value is -0.970. The number of hydrogen-bond donors (Lipinski definition) is 1. The highest BCUT2D eigenvalue weighted by molar-refractivity contribution is 5.03. The standard InChI is InChI=1S/C16H27F2N3/c1-4-19-15(13-5-8-16(17,18)9-6-13)11-14-7-10-21(20-14)12(2)3/h7,10,12-13,15,19H,4-6,8-9,11H2,1-3H3. The van der Waals surface area contributed by atoms with Crippen LogP contribution in [0.2, 0.25) is 0 Å². The van der Waals surface area contributed by atoms with Crippen molar-refractivity contribution < 1.29 is 8.78 Å². The van der Waals surface area contributed by atoms with Gasteiger partial charge in [0.1, 0.15) is 0 Å². The second-order valence-electron chi connectivity index (χ2n) is 6.44. The zero-order valence-corrected chi connectivity index (χ0v) is 13.3. The van der Waals surface area contributed by atoms with Crippen LogP contribution in [0, 0.1) is 5.92 Å². The molecule has 1 atom stereocenters. The first kappa shape index (κ1) is 16.4. The molecule has 1 aliphatic carbocycles. The highest BCUT2D eigenvalue weighted by Crippen LogP contribution is 2.37. The van der Waals surface area contributed by atoms with E-state index in [1.807, 2.05) is 16.9 Å². The largest absolute Gasteiger partial charge is 0.314 e. The zero-order chi connectivity index (χ0) is 15.5. The molecule has 1 heterocycles. The van der Waals surface area contributed by atoms with Crippen LogP contribution in [0.4, 0.5) is 8.78 Å². The molecule has 0 saturated heterocycles. The van der Waals surface area contributed by atoms with Crippen molar-refractivity contribution >= 4 is 0 Å². The molecule has 0 aromatic carbocycles. The molecular formula is C16H27F2N3. The molecular weight excluding hydrogens is 272 g/mol. The van der Waals surface area contributed by atoms with Gasteiger partial charge < -0.3 is 5.32 Å². The Labute approximate surface area is 126 Å². The molecule has 0 spiro atoms. The lowest BCUT2D eigenvalue weighted by Crippen LogP contribution is -2.41. The number of aromatic nitrogens is 2. The van der Waals surface area contributed by atoms with Crippen LogP contribution in [0.25, 0.3) is 0 Å². The lowest BCUT2D eigenvalue weighted by Gasteiger charge is -2.34. The molecule has 0 bridgehead atoms. The minimum atomic E-state index is -2.45. The summed E-state index contributed by atoms with van der Waals surface area (Å²) in [5.74, 6) is -2.12. The molecule has 1 aromatic rings. The van der Waals surface area contributed by atoms with Crippen molar-refractivity contribution in [2.45, 2.75) is 70.9 Å². The van der Waals surface area contributed by atoms with E-state index in [-0.39, 0.29) is 18.9 Å². The molecule has 0 aliphatic heterocycles. The minimum Gasteiger partial charge on any atom is -0.314 e. The second kappa shape index (κ2) is 6.86. The summed E-state index contributed by atoms with van der Waals surface area (Å²) in [4.78, 5) is 0. The molecule has 1 aliphatic rings. The third-order valence-electron chi connectivity index (χ3n) is 4.42. The van der Waals surface area contributed by atoms with Gasteiger partial charge in [-0.2, -0.15) is 5.10 Å². The van der Waals surface area contributed by atoms with Crippen LogP contribution in [0.3, 0.4) is 0 Å².